The van der Waals surface area contributed by atoms with Crippen LogP contribution in [-0.4, -0.2) is 35.8 Å². The van der Waals surface area contributed by atoms with Crippen LogP contribution in [0.15, 0.2) is 18.2 Å². The van der Waals surface area contributed by atoms with Crippen molar-refractivity contribution in [3.63, 3.8) is 0 Å². The standard InChI is InChI=1S/C19H18Cl2N2O4S/c1-3-27-19(26)16-12-6-7-23(10(2)24)9-15(12)28-18(16)22-17(25)13-8-11(20)4-5-14(13)21/h4-5,8H,3,6-7,9H2,1-2H3,(H,22,25). The molecular weight excluding hydrogens is 423 g/mol. The number of hydrogen-bond acceptors (Lipinski definition) is 5. The lowest BCUT2D eigenvalue weighted by atomic mass is 10.0. The fourth-order valence-electron chi connectivity index (χ4n) is 3.02. The number of ether oxygens (including phenoxy) is 1. The average molecular weight is 441 g/mol. The van der Waals surface area contributed by atoms with Crippen LogP contribution in [-0.2, 0) is 22.5 Å². The highest BCUT2D eigenvalue weighted by molar-refractivity contribution is 7.17. The van der Waals surface area contributed by atoms with Crippen molar-refractivity contribution in [2.45, 2.75) is 26.8 Å². The highest BCUT2D eigenvalue weighted by atomic mass is 35.5. The third kappa shape index (κ3) is 4.16. The number of benzene rings is 1. The van der Waals surface area contributed by atoms with Gasteiger partial charge in [-0.3, -0.25) is 9.59 Å². The van der Waals surface area contributed by atoms with Gasteiger partial charge in [0.2, 0.25) is 5.91 Å². The summed E-state index contributed by atoms with van der Waals surface area (Å²) in [5.41, 5.74) is 1.37. The number of nitrogens with zero attached hydrogens (tertiary/aromatic N) is 1. The molecule has 1 aromatic heterocycles. The topological polar surface area (TPSA) is 75.7 Å². The molecule has 2 aromatic rings. The van der Waals surface area contributed by atoms with Gasteiger partial charge in [-0.25, -0.2) is 4.79 Å². The molecule has 0 saturated carbocycles. The number of amides is 2. The first-order valence-electron chi connectivity index (χ1n) is 8.65. The number of rotatable bonds is 4. The summed E-state index contributed by atoms with van der Waals surface area (Å²) >= 11 is 13.3. The first kappa shape index (κ1) is 20.6. The Kier molecular flexibility index (Phi) is 6.27. The summed E-state index contributed by atoms with van der Waals surface area (Å²) in [5, 5.41) is 3.78. The van der Waals surface area contributed by atoms with Crippen LogP contribution >= 0.6 is 34.5 Å². The summed E-state index contributed by atoms with van der Waals surface area (Å²) in [6.07, 6.45) is 0.521. The fourth-order valence-corrected chi connectivity index (χ4v) is 4.64. The number of thiophene rings is 1. The molecule has 0 unspecified atom stereocenters. The number of anilines is 1. The van der Waals surface area contributed by atoms with Crippen molar-refractivity contribution in [1.29, 1.82) is 0 Å². The molecule has 0 aliphatic carbocycles. The minimum Gasteiger partial charge on any atom is -0.462 e. The fraction of sp³-hybridized carbons (Fsp3) is 0.316. The van der Waals surface area contributed by atoms with Crippen molar-refractivity contribution >= 4 is 57.3 Å². The normalized spacial score (nSPS) is 13.1. The smallest absolute Gasteiger partial charge is 0.341 e. The highest BCUT2D eigenvalue weighted by Crippen LogP contribution is 2.38. The van der Waals surface area contributed by atoms with E-state index in [9.17, 15) is 14.4 Å². The van der Waals surface area contributed by atoms with Crippen LogP contribution in [0.4, 0.5) is 5.00 Å². The van der Waals surface area contributed by atoms with Crippen LogP contribution in [0.3, 0.4) is 0 Å². The summed E-state index contributed by atoms with van der Waals surface area (Å²) in [7, 11) is 0. The molecule has 1 aliphatic rings. The largest absolute Gasteiger partial charge is 0.462 e. The number of carbonyl (C=O) groups is 3. The maximum atomic E-state index is 12.7. The second kappa shape index (κ2) is 8.51. The quantitative estimate of drug-likeness (QED) is 0.715. The molecule has 0 radical (unpaired) electrons. The summed E-state index contributed by atoms with van der Waals surface area (Å²) in [6.45, 7) is 4.36. The molecule has 3 rings (SSSR count). The van der Waals surface area contributed by atoms with E-state index in [-0.39, 0.29) is 23.1 Å². The van der Waals surface area contributed by atoms with E-state index >= 15 is 0 Å². The van der Waals surface area contributed by atoms with Crippen LogP contribution in [0, 0.1) is 0 Å². The molecular formula is C19H18Cl2N2O4S. The molecule has 9 heteroatoms. The SMILES string of the molecule is CCOC(=O)c1c(NC(=O)c2cc(Cl)ccc2Cl)sc2c1CCN(C(C)=O)C2. The van der Waals surface area contributed by atoms with Crippen molar-refractivity contribution in [2.24, 2.45) is 0 Å². The van der Waals surface area contributed by atoms with Gasteiger partial charge in [-0.1, -0.05) is 23.2 Å². The Morgan fingerprint density at radius 3 is 2.71 bits per heavy atom. The maximum absolute atomic E-state index is 12.7. The second-order valence-electron chi connectivity index (χ2n) is 6.20. The van der Waals surface area contributed by atoms with Crippen LogP contribution in [0.5, 0.6) is 0 Å². The molecule has 0 spiro atoms. The van der Waals surface area contributed by atoms with Crippen molar-refractivity contribution < 1.29 is 19.1 Å². The van der Waals surface area contributed by atoms with Crippen molar-refractivity contribution in [3.8, 4) is 0 Å². The Morgan fingerprint density at radius 2 is 2.04 bits per heavy atom. The minimum atomic E-state index is -0.497. The number of carbonyl (C=O) groups excluding carboxylic acids is 3. The first-order chi connectivity index (χ1) is 13.3. The van der Waals surface area contributed by atoms with Gasteiger partial charge in [0.25, 0.3) is 5.91 Å². The zero-order valence-corrected chi connectivity index (χ0v) is 17.6. The lowest BCUT2D eigenvalue weighted by Crippen LogP contribution is -2.34. The third-order valence-corrected chi connectivity index (χ3v) is 6.08. The van der Waals surface area contributed by atoms with Gasteiger partial charge in [-0.15, -0.1) is 11.3 Å². The van der Waals surface area contributed by atoms with Gasteiger partial charge in [-0.2, -0.15) is 0 Å². The second-order valence-corrected chi connectivity index (χ2v) is 8.15. The van der Waals surface area contributed by atoms with E-state index in [1.54, 1.807) is 17.9 Å². The van der Waals surface area contributed by atoms with Gasteiger partial charge in [0.15, 0.2) is 0 Å². The van der Waals surface area contributed by atoms with Crippen molar-refractivity contribution in [1.82, 2.24) is 4.90 Å². The van der Waals surface area contributed by atoms with Crippen LogP contribution in [0.2, 0.25) is 10.0 Å². The molecule has 148 valence electrons. The van der Waals surface area contributed by atoms with E-state index < -0.39 is 11.9 Å². The Hall–Kier alpha value is -2.09. The highest BCUT2D eigenvalue weighted by Gasteiger charge is 2.30. The maximum Gasteiger partial charge on any atom is 0.341 e. The zero-order valence-electron chi connectivity index (χ0n) is 15.3. The molecule has 0 saturated heterocycles. The van der Waals surface area contributed by atoms with Gasteiger partial charge < -0.3 is 15.0 Å². The van der Waals surface area contributed by atoms with Crippen molar-refractivity contribution in [3.05, 3.63) is 49.8 Å². The number of halogens is 2. The van der Waals surface area contributed by atoms with Gasteiger partial charge in [0, 0.05) is 23.4 Å². The predicted molar refractivity (Wildman–Crippen MR) is 109 cm³/mol. The average Bonchev–Trinajstić information content (AvgIpc) is 3.00. The van der Waals surface area contributed by atoms with Crippen LogP contribution < -0.4 is 5.32 Å². The lowest BCUT2D eigenvalue weighted by molar-refractivity contribution is -0.129. The molecule has 0 bridgehead atoms. The number of hydrogen-bond donors (Lipinski definition) is 1. The van der Waals surface area contributed by atoms with Gasteiger partial charge in [0.1, 0.15) is 5.00 Å². The minimum absolute atomic E-state index is 0.0342. The molecule has 28 heavy (non-hydrogen) atoms. The van der Waals surface area contributed by atoms with E-state index in [1.807, 2.05) is 0 Å². The number of nitrogens with one attached hydrogen (secondary N) is 1. The Labute approximate surface area is 176 Å². The third-order valence-electron chi connectivity index (χ3n) is 4.38. The van der Waals surface area contributed by atoms with E-state index in [4.69, 9.17) is 27.9 Å². The van der Waals surface area contributed by atoms with Crippen LogP contribution in [0.1, 0.15) is 45.0 Å². The predicted octanol–water partition coefficient (Wildman–Crippen LogP) is 4.39. The Bertz CT molecular complexity index is 958. The number of fused-ring (bicyclic) bond motifs is 1. The summed E-state index contributed by atoms with van der Waals surface area (Å²) in [6, 6.07) is 4.59. The summed E-state index contributed by atoms with van der Waals surface area (Å²) < 4.78 is 5.19. The molecule has 2 heterocycles. The van der Waals surface area contributed by atoms with E-state index in [2.05, 4.69) is 5.32 Å². The molecule has 1 aromatic carbocycles. The Balaban J connectivity index is 1.98. The zero-order chi connectivity index (χ0) is 20.4. The molecule has 0 atom stereocenters. The van der Waals surface area contributed by atoms with E-state index in [0.717, 1.165) is 10.4 Å². The number of esters is 1. The van der Waals surface area contributed by atoms with E-state index in [0.29, 0.717) is 35.1 Å². The molecule has 0 fully saturated rings. The molecule has 6 nitrogen and oxygen atoms in total. The molecule has 1 N–H and O–H groups in total. The van der Waals surface area contributed by atoms with Gasteiger partial charge in [0.05, 0.1) is 29.3 Å². The first-order valence-corrected chi connectivity index (χ1v) is 10.2. The summed E-state index contributed by atoms with van der Waals surface area (Å²) in [5.74, 6) is -1.00. The van der Waals surface area contributed by atoms with Gasteiger partial charge >= 0.3 is 5.97 Å². The molecule has 2 amide bonds. The monoisotopic (exact) mass is 440 g/mol. The Morgan fingerprint density at radius 1 is 1.29 bits per heavy atom. The van der Waals surface area contributed by atoms with Crippen LogP contribution in [0.25, 0.3) is 0 Å². The van der Waals surface area contributed by atoms with Gasteiger partial charge in [-0.05, 0) is 37.1 Å². The van der Waals surface area contributed by atoms with E-state index in [1.165, 1.54) is 30.4 Å². The molecule has 1 aliphatic heterocycles. The van der Waals surface area contributed by atoms with Crippen molar-refractivity contribution in [2.75, 3.05) is 18.5 Å². The summed E-state index contributed by atoms with van der Waals surface area (Å²) in [4.78, 5) is 39.6. The lowest BCUT2D eigenvalue weighted by Gasteiger charge is -2.25.